The van der Waals surface area contributed by atoms with E-state index < -0.39 is 11.4 Å². The number of carboxylic acids is 1. The molecule has 1 N–H and O–H groups in total. The van der Waals surface area contributed by atoms with Gasteiger partial charge in [-0.05, 0) is 25.7 Å². The van der Waals surface area contributed by atoms with Gasteiger partial charge in [0.25, 0.3) is 0 Å². The fourth-order valence-corrected chi connectivity index (χ4v) is 4.61. The van der Waals surface area contributed by atoms with Crippen LogP contribution in [0.25, 0.3) is 0 Å². The van der Waals surface area contributed by atoms with Crippen molar-refractivity contribution in [3.8, 4) is 0 Å². The van der Waals surface area contributed by atoms with Gasteiger partial charge in [0.15, 0.2) is 0 Å². The van der Waals surface area contributed by atoms with Gasteiger partial charge in [-0.3, -0.25) is 19.7 Å². The number of likely N-dealkylation sites (tertiary alicyclic amines) is 2. The highest BCUT2D eigenvalue weighted by Gasteiger charge is 2.57. The summed E-state index contributed by atoms with van der Waals surface area (Å²) < 4.78 is 0. The fourth-order valence-electron chi connectivity index (χ4n) is 4.61. The lowest BCUT2D eigenvalue weighted by Gasteiger charge is -2.31. The van der Waals surface area contributed by atoms with Crippen LogP contribution in [0.15, 0.2) is 12.4 Å². The summed E-state index contributed by atoms with van der Waals surface area (Å²) in [5, 5.41) is 9.94. The smallest absolute Gasteiger partial charge is 0.312 e. The van der Waals surface area contributed by atoms with Crippen molar-refractivity contribution in [1.82, 2.24) is 19.8 Å². The van der Waals surface area contributed by atoms with Gasteiger partial charge >= 0.3 is 5.97 Å². The number of fused-ring (bicyclic) bond motifs is 1. The minimum atomic E-state index is -0.624. The van der Waals surface area contributed by atoms with Crippen molar-refractivity contribution < 1.29 is 9.90 Å². The average molecular weight is 330 g/mol. The zero-order valence-corrected chi connectivity index (χ0v) is 14.3. The van der Waals surface area contributed by atoms with Crippen molar-refractivity contribution in [2.24, 2.45) is 17.3 Å². The molecule has 0 radical (unpaired) electrons. The van der Waals surface area contributed by atoms with Crippen molar-refractivity contribution >= 4 is 5.97 Å². The number of aryl methyl sites for hydroxylation is 1. The first-order chi connectivity index (χ1) is 11.5. The molecule has 24 heavy (non-hydrogen) atoms. The molecule has 130 valence electrons. The molecular formula is C18H26N4O2. The Kier molecular flexibility index (Phi) is 4.04. The zero-order valence-electron chi connectivity index (χ0n) is 14.3. The summed E-state index contributed by atoms with van der Waals surface area (Å²) in [5.41, 5.74) is 1.24. The second kappa shape index (κ2) is 6.08. The number of aliphatic carboxylic acids is 1. The SMILES string of the molecule is Cc1cnc(CN2C[C@H]3CN(CC4CCC4)C[C@@]3(C(=O)O)C2)cn1. The molecule has 6 heteroatoms. The number of carbonyl (C=O) groups is 1. The molecule has 2 atom stereocenters. The van der Waals surface area contributed by atoms with Crippen LogP contribution in [0.5, 0.6) is 0 Å². The number of hydrogen-bond acceptors (Lipinski definition) is 5. The third-order valence-electron chi connectivity index (χ3n) is 6.14. The van der Waals surface area contributed by atoms with Gasteiger partial charge in [-0.15, -0.1) is 0 Å². The number of carboxylic acid groups (broad SMARTS) is 1. The van der Waals surface area contributed by atoms with E-state index in [0.29, 0.717) is 19.6 Å². The first-order valence-corrected chi connectivity index (χ1v) is 9.01. The molecule has 3 aliphatic rings. The molecule has 0 spiro atoms. The highest BCUT2D eigenvalue weighted by molar-refractivity contribution is 5.77. The first kappa shape index (κ1) is 16.0. The molecule has 2 aliphatic heterocycles. The molecule has 2 saturated heterocycles. The van der Waals surface area contributed by atoms with Gasteiger partial charge in [0, 0.05) is 57.6 Å². The summed E-state index contributed by atoms with van der Waals surface area (Å²) in [7, 11) is 0. The van der Waals surface area contributed by atoms with Crippen molar-refractivity contribution in [3.05, 3.63) is 23.8 Å². The summed E-state index contributed by atoms with van der Waals surface area (Å²) in [6.07, 6.45) is 7.57. The molecule has 4 rings (SSSR count). The van der Waals surface area contributed by atoms with Crippen LogP contribution in [0.2, 0.25) is 0 Å². The van der Waals surface area contributed by atoms with Crippen LogP contribution in [0.1, 0.15) is 30.7 Å². The standard InChI is InChI=1S/C18H26N4O2/c1-13-5-20-16(6-19-13)10-22-9-15-8-21(7-14-3-2-4-14)11-18(15,12-22)17(23)24/h5-6,14-15H,2-4,7-12H2,1H3,(H,23,24)/t15-,18-/m1/s1. The first-order valence-electron chi connectivity index (χ1n) is 9.01. The number of nitrogens with zero attached hydrogens (tertiary/aromatic N) is 4. The van der Waals surface area contributed by atoms with Crippen LogP contribution >= 0.6 is 0 Å². The molecule has 0 bridgehead atoms. The summed E-state index contributed by atoms with van der Waals surface area (Å²) >= 11 is 0. The van der Waals surface area contributed by atoms with Crippen LogP contribution in [-0.4, -0.2) is 63.6 Å². The van der Waals surface area contributed by atoms with Gasteiger partial charge in [-0.1, -0.05) is 6.42 Å². The van der Waals surface area contributed by atoms with E-state index in [1.54, 1.807) is 12.4 Å². The van der Waals surface area contributed by atoms with Crippen molar-refractivity contribution in [3.63, 3.8) is 0 Å². The molecule has 1 saturated carbocycles. The number of aromatic nitrogens is 2. The Morgan fingerprint density at radius 1 is 1.25 bits per heavy atom. The van der Waals surface area contributed by atoms with Crippen LogP contribution < -0.4 is 0 Å². The van der Waals surface area contributed by atoms with Crippen molar-refractivity contribution in [2.75, 3.05) is 32.7 Å². The van der Waals surface area contributed by atoms with Gasteiger partial charge in [0.1, 0.15) is 0 Å². The minimum absolute atomic E-state index is 0.230. The van der Waals surface area contributed by atoms with Gasteiger partial charge < -0.3 is 10.0 Å². The Morgan fingerprint density at radius 3 is 2.58 bits per heavy atom. The third-order valence-corrected chi connectivity index (χ3v) is 6.14. The average Bonchev–Trinajstić information content (AvgIpc) is 3.00. The lowest BCUT2D eigenvalue weighted by molar-refractivity contribution is -0.149. The van der Waals surface area contributed by atoms with E-state index in [9.17, 15) is 9.90 Å². The van der Waals surface area contributed by atoms with Gasteiger partial charge in [0.2, 0.25) is 0 Å². The van der Waals surface area contributed by atoms with Gasteiger partial charge in [0.05, 0.1) is 16.8 Å². The topological polar surface area (TPSA) is 69.6 Å². The molecule has 0 amide bonds. The van der Waals surface area contributed by atoms with Crippen LogP contribution in [-0.2, 0) is 11.3 Å². The second-order valence-corrected chi connectivity index (χ2v) is 7.97. The molecule has 3 heterocycles. The maximum Gasteiger partial charge on any atom is 0.312 e. The Hall–Kier alpha value is -1.53. The summed E-state index contributed by atoms with van der Waals surface area (Å²) in [6.45, 7) is 6.83. The number of rotatable bonds is 5. The van der Waals surface area contributed by atoms with E-state index >= 15 is 0 Å². The monoisotopic (exact) mass is 330 g/mol. The van der Waals surface area contributed by atoms with Gasteiger partial charge in [-0.2, -0.15) is 0 Å². The Balaban J connectivity index is 1.42. The molecule has 1 aliphatic carbocycles. The highest BCUT2D eigenvalue weighted by atomic mass is 16.4. The van der Waals surface area contributed by atoms with Crippen LogP contribution in [0.4, 0.5) is 0 Å². The van der Waals surface area contributed by atoms with Crippen molar-refractivity contribution in [2.45, 2.75) is 32.7 Å². The van der Waals surface area contributed by atoms with Crippen LogP contribution in [0.3, 0.4) is 0 Å². The van der Waals surface area contributed by atoms with E-state index in [1.807, 2.05) is 6.92 Å². The van der Waals surface area contributed by atoms with E-state index in [1.165, 1.54) is 19.3 Å². The van der Waals surface area contributed by atoms with Crippen LogP contribution in [0, 0.1) is 24.2 Å². The molecule has 3 fully saturated rings. The zero-order chi connectivity index (χ0) is 16.7. The summed E-state index contributed by atoms with van der Waals surface area (Å²) in [4.78, 5) is 25.4. The lowest BCUT2D eigenvalue weighted by Crippen LogP contribution is -2.41. The Labute approximate surface area is 142 Å². The minimum Gasteiger partial charge on any atom is -0.481 e. The molecule has 1 aromatic heterocycles. The lowest BCUT2D eigenvalue weighted by atomic mass is 9.81. The predicted octanol–water partition coefficient (Wildman–Crippen LogP) is 1.40. The third kappa shape index (κ3) is 2.82. The number of hydrogen-bond donors (Lipinski definition) is 1. The predicted molar refractivity (Wildman–Crippen MR) is 89.4 cm³/mol. The molecular weight excluding hydrogens is 304 g/mol. The summed E-state index contributed by atoms with van der Waals surface area (Å²) in [5.74, 6) is 0.406. The molecule has 1 aromatic rings. The highest BCUT2D eigenvalue weighted by Crippen LogP contribution is 2.44. The van der Waals surface area contributed by atoms with E-state index in [0.717, 1.165) is 36.9 Å². The second-order valence-electron chi connectivity index (χ2n) is 7.97. The van der Waals surface area contributed by atoms with Gasteiger partial charge in [-0.25, -0.2) is 0 Å². The summed E-state index contributed by atoms with van der Waals surface area (Å²) in [6, 6.07) is 0. The van der Waals surface area contributed by atoms with E-state index in [-0.39, 0.29) is 5.92 Å². The molecule has 6 nitrogen and oxygen atoms in total. The Morgan fingerprint density at radius 2 is 2.00 bits per heavy atom. The maximum absolute atomic E-state index is 12.1. The maximum atomic E-state index is 12.1. The van der Waals surface area contributed by atoms with E-state index in [2.05, 4.69) is 19.8 Å². The van der Waals surface area contributed by atoms with Crippen molar-refractivity contribution in [1.29, 1.82) is 0 Å². The Bertz CT molecular complexity index is 616. The molecule has 0 aromatic carbocycles. The largest absolute Gasteiger partial charge is 0.481 e. The molecule has 0 unspecified atom stereocenters. The normalized spacial score (nSPS) is 31.1. The quantitative estimate of drug-likeness (QED) is 0.880. The van der Waals surface area contributed by atoms with E-state index in [4.69, 9.17) is 0 Å². The fraction of sp³-hybridized carbons (Fsp3) is 0.722.